The van der Waals surface area contributed by atoms with Crippen molar-refractivity contribution in [3.05, 3.63) is 48.7 Å². The highest BCUT2D eigenvalue weighted by Gasteiger charge is 2.27. The summed E-state index contributed by atoms with van der Waals surface area (Å²) in [5, 5.41) is 0. The second-order valence-electron chi connectivity index (χ2n) is 7.74. The van der Waals surface area contributed by atoms with Gasteiger partial charge < -0.3 is 9.47 Å². The molecule has 1 saturated carbocycles. The predicted molar refractivity (Wildman–Crippen MR) is 103 cm³/mol. The minimum Gasteiger partial charge on any atom is -0.355 e. The Bertz CT molecular complexity index is 898. The normalized spacial score (nSPS) is 21.1. The van der Waals surface area contributed by atoms with Crippen LogP contribution in [0.2, 0.25) is 0 Å². The summed E-state index contributed by atoms with van der Waals surface area (Å²) in [7, 11) is 0. The van der Waals surface area contributed by atoms with Crippen LogP contribution in [0.3, 0.4) is 0 Å². The van der Waals surface area contributed by atoms with Crippen molar-refractivity contribution in [3.63, 3.8) is 0 Å². The van der Waals surface area contributed by atoms with Crippen molar-refractivity contribution in [2.75, 3.05) is 18.0 Å². The van der Waals surface area contributed by atoms with Crippen LogP contribution in [0.25, 0.3) is 11.0 Å². The summed E-state index contributed by atoms with van der Waals surface area (Å²) in [5.41, 5.74) is 1.93. The molecule has 134 valence electrons. The van der Waals surface area contributed by atoms with Gasteiger partial charge in [0.15, 0.2) is 0 Å². The second kappa shape index (κ2) is 6.71. The van der Waals surface area contributed by atoms with Crippen molar-refractivity contribution in [3.8, 4) is 0 Å². The van der Waals surface area contributed by atoms with E-state index in [0.717, 1.165) is 42.4 Å². The molecule has 1 aliphatic carbocycles. The first-order valence-corrected chi connectivity index (χ1v) is 9.84. The van der Waals surface area contributed by atoms with Crippen molar-refractivity contribution in [1.82, 2.24) is 19.5 Å². The minimum atomic E-state index is 0.479. The van der Waals surface area contributed by atoms with Gasteiger partial charge in [0, 0.05) is 37.9 Å². The fourth-order valence-electron chi connectivity index (χ4n) is 4.28. The van der Waals surface area contributed by atoms with Crippen LogP contribution in [-0.4, -0.2) is 32.6 Å². The smallest absolute Gasteiger partial charge is 0.147 e. The number of hydrogen-bond donors (Lipinski definition) is 0. The van der Waals surface area contributed by atoms with Gasteiger partial charge in [-0.25, -0.2) is 9.97 Å². The van der Waals surface area contributed by atoms with E-state index >= 15 is 0 Å². The number of hydrogen-bond acceptors (Lipinski definition) is 4. The summed E-state index contributed by atoms with van der Waals surface area (Å²) >= 11 is 0. The molecule has 5 heteroatoms. The third-order valence-corrected chi connectivity index (χ3v) is 5.97. The highest BCUT2D eigenvalue weighted by molar-refractivity contribution is 5.75. The maximum Gasteiger partial charge on any atom is 0.147 e. The van der Waals surface area contributed by atoms with Gasteiger partial charge in [-0.2, -0.15) is 0 Å². The molecule has 1 saturated heterocycles. The van der Waals surface area contributed by atoms with E-state index in [0.29, 0.717) is 5.92 Å². The minimum absolute atomic E-state index is 0.479. The molecule has 0 amide bonds. The molecule has 0 N–H and O–H groups in total. The average Bonchev–Trinajstić information content (AvgIpc) is 3.13. The molecule has 2 fully saturated rings. The van der Waals surface area contributed by atoms with E-state index in [1.807, 2.05) is 36.7 Å². The summed E-state index contributed by atoms with van der Waals surface area (Å²) in [5.74, 6) is 3.59. The molecule has 0 bridgehead atoms. The zero-order valence-corrected chi connectivity index (χ0v) is 15.1. The van der Waals surface area contributed by atoms with E-state index in [-0.39, 0.29) is 0 Å². The van der Waals surface area contributed by atoms with Crippen molar-refractivity contribution in [2.45, 2.75) is 44.6 Å². The van der Waals surface area contributed by atoms with Crippen molar-refractivity contribution in [2.24, 2.45) is 5.92 Å². The topological polar surface area (TPSA) is 46.8 Å². The van der Waals surface area contributed by atoms with Crippen LogP contribution in [0.15, 0.2) is 42.9 Å². The summed E-state index contributed by atoms with van der Waals surface area (Å²) in [6, 6.07) is 8.09. The molecule has 26 heavy (non-hydrogen) atoms. The SMILES string of the molecule is c1ccc2nc(N3CCC[C@H](c4nccn4CC4CCC4)C3)cnc2c1. The van der Waals surface area contributed by atoms with Gasteiger partial charge in [-0.15, -0.1) is 0 Å². The summed E-state index contributed by atoms with van der Waals surface area (Å²) in [4.78, 5) is 16.6. The number of anilines is 1. The van der Waals surface area contributed by atoms with Crippen LogP contribution >= 0.6 is 0 Å². The molecule has 0 unspecified atom stereocenters. The Balaban J connectivity index is 1.36. The lowest BCUT2D eigenvalue weighted by molar-refractivity contribution is 0.270. The monoisotopic (exact) mass is 347 g/mol. The molecule has 1 aliphatic heterocycles. The molecule has 0 radical (unpaired) electrons. The Morgan fingerprint density at radius 2 is 1.88 bits per heavy atom. The number of fused-ring (bicyclic) bond motifs is 1. The van der Waals surface area contributed by atoms with Crippen LogP contribution in [0.4, 0.5) is 5.82 Å². The molecule has 1 aromatic carbocycles. The summed E-state index contributed by atoms with van der Waals surface area (Å²) < 4.78 is 2.41. The number of imidazole rings is 1. The summed E-state index contributed by atoms with van der Waals surface area (Å²) in [6.45, 7) is 3.17. The lowest BCUT2D eigenvalue weighted by Gasteiger charge is -2.34. The van der Waals surface area contributed by atoms with E-state index in [4.69, 9.17) is 9.97 Å². The molecule has 5 nitrogen and oxygen atoms in total. The number of rotatable bonds is 4. The van der Waals surface area contributed by atoms with E-state index in [2.05, 4.69) is 20.6 Å². The maximum absolute atomic E-state index is 4.84. The average molecular weight is 347 g/mol. The van der Waals surface area contributed by atoms with Gasteiger partial charge >= 0.3 is 0 Å². The first-order chi connectivity index (χ1) is 12.9. The molecule has 1 atom stereocenters. The third kappa shape index (κ3) is 2.96. The lowest BCUT2D eigenvalue weighted by Crippen LogP contribution is -2.36. The zero-order chi connectivity index (χ0) is 17.3. The van der Waals surface area contributed by atoms with Crippen LogP contribution < -0.4 is 4.90 Å². The standard InChI is InChI=1S/C21H25N5/c1-2-9-19-18(8-1)23-13-20(24-19)25-11-4-7-17(15-25)21-22-10-12-26(21)14-16-5-3-6-16/h1-2,8-10,12-13,16-17H,3-7,11,14-15H2/t17-/m0/s1. The van der Waals surface area contributed by atoms with E-state index in [9.17, 15) is 0 Å². The largest absolute Gasteiger partial charge is 0.355 e. The van der Waals surface area contributed by atoms with Crippen molar-refractivity contribution >= 4 is 16.9 Å². The number of para-hydroxylation sites is 2. The van der Waals surface area contributed by atoms with Gasteiger partial charge in [0.05, 0.1) is 17.2 Å². The van der Waals surface area contributed by atoms with E-state index < -0.39 is 0 Å². The zero-order valence-electron chi connectivity index (χ0n) is 15.1. The van der Waals surface area contributed by atoms with Gasteiger partial charge in [0.1, 0.15) is 11.6 Å². The van der Waals surface area contributed by atoms with Gasteiger partial charge in [-0.05, 0) is 43.7 Å². The molecule has 5 rings (SSSR count). The lowest BCUT2D eigenvalue weighted by atomic mass is 9.85. The second-order valence-corrected chi connectivity index (χ2v) is 7.74. The molecule has 0 spiro atoms. The van der Waals surface area contributed by atoms with Crippen LogP contribution in [0.1, 0.15) is 43.8 Å². The Labute approximate surface area is 154 Å². The van der Waals surface area contributed by atoms with E-state index in [1.165, 1.54) is 37.9 Å². The van der Waals surface area contributed by atoms with Gasteiger partial charge in [0.25, 0.3) is 0 Å². The highest BCUT2D eigenvalue weighted by atomic mass is 15.2. The summed E-state index contributed by atoms with van der Waals surface area (Å²) in [6.07, 6.45) is 12.6. The maximum atomic E-state index is 4.84. The van der Waals surface area contributed by atoms with Crippen LogP contribution in [0.5, 0.6) is 0 Å². The predicted octanol–water partition coefficient (Wildman–Crippen LogP) is 4.01. The first-order valence-electron chi connectivity index (χ1n) is 9.84. The Hall–Kier alpha value is -2.43. The number of nitrogens with zero attached hydrogens (tertiary/aromatic N) is 5. The Kier molecular flexibility index (Phi) is 4.07. The van der Waals surface area contributed by atoms with Crippen molar-refractivity contribution in [1.29, 1.82) is 0 Å². The fraction of sp³-hybridized carbons (Fsp3) is 0.476. The Morgan fingerprint density at radius 3 is 2.73 bits per heavy atom. The Morgan fingerprint density at radius 1 is 1.00 bits per heavy atom. The van der Waals surface area contributed by atoms with Gasteiger partial charge in [-0.1, -0.05) is 18.6 Å². The number of benzene rings is 1. The molecule has 3 aromatic rings. The quantitative estimate of drug-likeness (QED) is 0.715. The highest BCUT2D eigenvalue weighted by Crippen LogP contribution is 2.32. The first kappa shape index (κ1) is 15.8. The van der Waals surface area contributed by atoms with Gasteiger partial charge in [0.2, 0.25) is 0 Å². The molecule has 2 aliphatic rings. The van der Waals surface area contributed by atoms with Gasteiger partial charge in [-0.3, -0.25) is 4.98 Å². The molecule has 2 aromatic heterocycles. The van der Waals surface area contributed by atoms with Crippen LogP contribution in [0, 0.1) is 5.92 Å². The number of aromatic nitrogens is 4. The third-order valence-electron chi connectivity index (χ3n) is 5.97. The van der Waals surface area contributed by atoms with Crippen LogP contribution in [-0.2, 0) is 6.54 Å². The van der Waals surface area contributed by atoms with E-state index in [1.54, 1.807) is 0 Å². The molecular formula is C21H25N5. The molecular weight excluding hydrogens is 322 g/mol. The fourth-order valence-corrected chi connectivity index (χ4v) is 4.28. The number of piperidine rings is 1. The molecule has 3 heterocycles. The van der Waals surface area contributed by atoms with Crippen molar-refractivity contribution < 1.29 is 0 Å².